The average Bonchev–Trinajstić information content (AvgIpc) is 2.40. The second-order valence-corrected chi connectivity index (χ2v) is 5.57. The zero-order valence-electron chi connectivity index (χ0n) is 11.6. The van der Waals surface area contributed by atoms with E-state index in [1.807, 2.05) is 0 Å². The summed E-state index contributed by atoms with van der Waals surface area (Å²) in [6, 6.07) is 8.78. The quantitative estimate of drug-likeness (QED) is 0.886. The lowest BCUT2D eigenvalue weighted by Gasteiger charge is -2.29. The van der Waals surface area contributed by atoms with Gasteiger partial charge in [0.05, 0.1) is 0 Å². The van der Waals surface area contributed by atoms with E-state index in [1.165, 1.54) is 37.1 Å². The molecule has 2 rings (SSSR count). The molecular formula is C16H23NO2. The van der Waals surface area contributed by atoms with Crippen LogP contribution in [0.25, 0.3) is 0 Å². The normalized spacial score (nSPS) is 17.5. The van der Waals surface area contributed by atoms with Crippen molar-refractivity contribution in [1.82, 2.24) is 4.90 Å². The highest BCUT2D eigenvalue weighted by molar-refractivity contribution is 5.66. The van der Waals surface area contributed by atoms with Crippen molar-refractivity contribution in [3.8, 4) is 0 Å². The summed E-state index contributed by atoms with van der Waals surface area (Å²) in [5.41, 5.74) is 2.69. The van der Waals surface area contributed by atoms with Crippen molar-refractivity contribution in [2.24, 2.45) is 0 Å². The van der Waals surface area contributed by atoms with E-state index in [9.17, 15) is 4.79 Å². The van der Waals surface area contributed by atoms with Gasteiger partial charge in [-0.1, -0.05) is 24.3 Å². The third-order valence-electron chi connectivity index (χ3n) is 4.03. The molecule has 0 aromatic heterocycles. The standard InChI is InChI=1S/C16H23NO2/c1-17-11-9-15(10-12-17)14-7-5-13(6-8-14)3-2-4-16(18)19/h5-8,15H,2-4,9-12H2,1H3,(H,18,19). The number of carboxylic acids is 1. The van der Waals surface area contributed by atoms with Crippen LogP contribution < -0.4 is 0 Å². The van der Waals surface area contributed by atoms with Gasteiger partial charge < -0.3 is 10.0 Å². The minimum absolute atomic E-state index is 0.261. The Balaban J connectivity index is 1.85. The first kappa shape index (κ1) is 14.1. The number of likely N-dealkylation sites (tertiary alicyclic amines) is 1. The topological polar surface area (TPSA) is 40.5 Å². The molecular weight excluding hydrogens is 238 g/mol. The van der Waals surface area contributed by atoms with Crippen LogP contribution in [-0.4, -0.2) is 36.1 Å². The van der Waals surface area contributed by atoms with Crippen molar-refractivity contribution in [3.05, 3.63) is 35.4 Å². The lowest BCUT2D eigenvalue weighted by Crippen LogP contribution is -2.29. The van der Waals surface area contributed by atoms with Gasteiger partial charge in [0.1, 0.15) is 0 Å². The van der Waals surface area contributed by atoms with E-state index in [0.29, 0.717) is 5.92 Å². The van der Waals surface area contributed by atoms with Crippen LogP contribution >= 0.6 is 0 Å². The van der Waals surface area contributed by atoms with Crippen LogP contribution in [0.4, 0.5) is 0 Å². The number of nitrogens with zero attached hydrogens (tertiary/aromatic N) is 1. The molecule has 0 amide bonds. The fourth-order valence-corrected chi connectivity index (χ4v) is 2.74. The van der Waals surface area contributed by atoms with Crippen molar-refractivity contribution in [2.75, 3.05) is 20.1 Å². The number of carboxylic acid groups (broad SMARTS) is 1. The zero-order chi connectivity index (χ0) is 13.7. The fraction of sp³-hybridized carbons (Fsp3) is 0.562. The molecule has 1 aliphatic heterocycles. The molecule has 1 N–H and O–H groups in total. The van der Waals surface area contributed by atoms with Crippen molar-refractivity contribution in [1.29, 1.82) is 0 Å². The van der Waals surface area contributed by atoms with Gasteiger partial charge in [0.15, 0.2) is 0 Å². The number of hydrogen-bond donors (Lipinski definition) is 1. The second-order valence-electron chi connectivity index (χ2n) is 5.57. The second kappa shape index (κ2) is 6.71. The Morgan fingerprint density at radius 2 is 1.89 bits per heavy atom. The van der Waals surface area contributed by atoms with Gasteiger partial charge in [0, 0.05) is 6.42 Å². The van der Waals surface area contributed by atoms with Crippen LogP contribution in [0.3, 0.4) is 0 Å². The van der Waals surface area contributed by atoms with E-state index in [1.54, 1.807) is 0 Å². The molecule has 1 saturated heterocycles. The van der Waals surface area contributed by atoms with Gasteiger partial charge in [-0.15, -0.1) is 0 Å². The summed E-state index contributed by atoms with van der Waals surface area (Å²) in [4.78, 5) is 12.9. The first-order chi connectivity index (χ1) is 9.15. The molecule has 3 heteroatoms. The van der Waals surface area contributed by atoms with Gasteiger partial charge in [-0.3, -0.25) is 4.79 Å². The molecule has 104 valence electrons. The Hall–Kier alpha value is -1.35. The fourth-order valence-electron chi connectivity index (χ4n) is 2.74. The molecule has 0 unspecified atom stereocenters. The van der Waals surface area contributed by atoms with Crippen LogP contribution in [0.5, 0.6) is 0 Å². The van der Waals surface area contributed by atoms with Gasteiger partial charge in [0.2, 0.25) is 0 Å². The van der Waals surface area contributed by atoms with Gasteiger partial charge in [-0.25, -0.2) is 0 Å². The monoisotopic (exact) mass is 261 g/mol. The van der Waals surface area contributed by atoms with E-state index in [4.69, 9.17) is 5.11 Å². The lowest BCUT2D eigenvalue weighted by atomic mass is 9.89. The Morgan fingerprint density at radius 1 is 1.26 bits per heavy atom. The highest BCUT2D eigenvalue weighted by atomic mass is 16.4. The number of aliphatic carboxylic acids is 1. The van der Waals surface area contributed by atoms with Crippen LogP contribution in [0.1, 0.15) is 42.7 Å². The molecule has 0 atom stereocenters. The van der Waals surface area contributed by atoms with E-state index >= 15 is 0 Å². The first-order valence-electron chi connectivity index (χ1n) is 7.14. The molecule has 1 aromatic carbocycles. The highest BCUT2D eigenvalue weighted by Crippen LogP contribution is 2.27. The molecule has 0 saturated carbocycles. The van der Waals surface area contributed by atoms with E-state index < -0.39 is 5.97 Å². The van der Waals surface area contributed by atoms with Crippen LogP contribution in [0.15, 0.2) is 24.3 Å². The Labute approximate surface area is 115 Å². The van der Waals surface area contributed by atoms with Crippen molar-refractivity contribution in [3.63, 3.8) is 0 Å². The average molecular weight is 261 g/mol. The number of aryl methyl sites for hydroxylation is 1. The van der Waals surface area contributed by atoms with Crippen LogP contribution in [-0.2, 0) is 11.2 Å². The van der Waals surface area contributed by atoms with Crippen LogP contribution in [0, 0.1) is 0 Å². The summed E-state index contributed by atoms with van der Waals surface area (Å²) in [6.07, 6.45) is 4.34. The maximum absolute atomic E-state index is 10.5. The molecule has 0 spiro atoms. The maximum atomic E-state index is 10.5. The highest BCUT2D eigenvalue weighted by Gasteiger charge is 2.17. The van der Waals surface area contributed by atoms with E-state index in [0.717, 1.165) is 12.8 Å². The molecule has 0 aliphatic carbocycles. The predicted octanol–water partition coefficient (Wildman–Crippen LogP) is 2.90. The van der Waals surface area contributed by atoms with Gasteiger partial charge >= 0.3 is 5.97 Å². The number of rotatable bonds is 5. The number of piperidine rings is 1. The van der Waals surface area contributed by atoms with E-state index in [-0.39, 0.29) is 6.42 Å². The summed E-state index contributed by atoms with van der Waals surface area (Å²) >= 11 is 0. The molecule has 0 radical (unpaired) electrons. The van der Waals surface area contributed by atoms with Crippen molar-refractivity contribution >= 4 is 5.97 Å². The number of carbonyl (C=O) groups is 1. The largest absolute Gasteiger partial charge is 0.481 e. The first-order valence-corrected chi connectivity index (χ1v) is 7.14. The van der Waals surface area contributed by atoms with Gasteiger partial charge in [-0.2, -0.15) is 0 Å². The third kappa shape index (κ3) is 4.35. The molecule has 1 aromatic rings. The van der Waals surface area contributed by atoms with Crippen LogP contribution in [0.2, 0.25) is 0 Å². The molecule has 1 fully saturated rings. The van der Waals surface area contributed by atoms with Crippen molar-refractivity contribution in [2.45, 2.75) is 38.0 Å². The van der Waals surface area contributed by atoms with Gasteiger partial charge in [0.25, 0.3) is 0 Å². The third-order valence-corrected chi connectivity index (χ3v) is 4.03. The molecule has 1 aliphatic rings. The summed E-state index contributed by atoms with van der Waals surface area (Å²) in [7, 11) is 2.18. The predicted molar refractivity (Wildman–Crippen MR) is 76.5 cm³/mol. The summed E-state index contributed by atoms with van der Waals surface area (Å²) in [5.74, 6) is -0.00721. The molecule has 19 heavy (non-hydrogen) atoms. The number of hydrogen-bond acceptors (Lipinski definition) is 2. The maximum Gasteiger partial charge on any atom is 0.303 e. The molecule has 1 heterocycles. The van der Waals surface area contributed by atoms with Gasteiger partial charge in [-0.05, 0) is 62.9 Å². The Morgan fingerprint density at radius 3 is 2.47 bits per heavy atom. The zero-order valence-corrected chi connectivity index (χ0v) is 11.6. The lowest BCUT2D eigenvalue weighted by molar-refractivity contribution is -0.137. The summed E-state index contributed by atoms with van der Waals surface area (Å²) in [5, 5.41) is 8.62. The smallest absolute Gasteiger partial charge is 0.303 e. The minimum atomic E-state index is -0.706. The molecule has 3 nitrogen and oxygen atoms in total. The Bertz CT molecular complexity index is 405. The van der Waals surface area contributed by atoms with E-state index in [2.05, 4.69) is 36.2 Å². The minimum Gasteiger partial charge on any atom is -0.481 e. The summed E-state index contributed by atoms with van der Waals surface area (Å²) in [6.45, 7) is 2.37. The number of benzene rings is 1. The summed E-state index contributed by atoms with van der Waals surface area (Å²) < 4.78 is 0. The Kier molecular flexibility index (Phi) is 4.97. The van der Waals surface area contributed by atoms with Crippen molar-refractivity contribution < 1.29 is 9.90 Å². The molecule has 0 bridgehead atoms. The SMILES string of the molecule is CN1CCC(c2ccc(CCCC(=O)O)cc2)CC1.